The van der Waals surface area contributed by atoms with Crippen LogP contribution in [0, 0.1) is 17.5 Å². The summed E-state index contributed by atoms with van der Waals surface area (Å²) in [6.07, 6.45) is 0.439. The minimum atomic E-state index is -1.35. The van der Waals surface area contributed by atoms with Crippen LogP contribution in [-0.4, -0.2) is 18.5 Å². The standard InChI is InChI=1S/C10H10F3N/c1-14-3-2-7-6(5-14)4-8(11)10(13)9(7)12/h4H,2-3,5H2,1H3. The average Bonchev–Trinajstić information content (AvgIpc) is 2.14. The van der Waals surface area contributed by atoms with Crippen molar-refractivity contribution >= 4 is 0 Å². The van der Waals surface area contributed by atoms with Crippen LogP contribution in [0.3, 0.4) is 0 Å². The van der Waals surface area contributed by atoms with Gasteiger partial charge in [-0.3, -0.25) is 0 Å². The number of hydrogen-bond acceptors (Lipinski definition) is 1. The first-order valence-corrected chi connectivity index (χ1v) is 4.43. The molecule has 1 aromatic carbocycles. The van der Waals surface area contributed by atoms with Gasteiger partial charge in [0.2, 0.25) is 0 Å². The van der Waals surface area contributed by atoms with Gasteiger partial charge in [0.05, 0.1) is 0 Å². The first-order valence-electron chi connectivity index (χ1n) is 4.43. The van der Waals surface area contributed by atoms with E-state index in [0.29, 0.717) is 30.6 Å². The van der Waals surface area contributed by atoms with E-state index in [1.807, 2.05) is 11.9 Å². The molecule has 0 N–H and O–H groups in total. The number of likely N-dealkylation sites (N-methyl/N-ethyl adjacent to an activating group) is 1. The Morgan fingerprint density at radius 3 is 2.64 bits per heavy atom. The summed E-state index contributed by atoms with van der Waals surface area (Å²) in [4.78, 5) is 1.94. The van der Waals surface area contributed by atoms with Gasteiger partial charge in [-0.15, -0.1) is 0 Å². The van der Waals surface area contributed by atoms with Crippen molar-refractivity contribution in [2.75, 3.05) is 13.6 Å². The first-order chi connectivity index (χ1) is 6.59. The van der Waals surface area contributed by atoms with E-state index in [-0.39, 0.29) is 0 Å². The molecule has 1 aromatic rings. The molecule has 2 rings (SSSR count). The Morgan fingerprint density at radius 1 is 1.21 bits per heavy atom. The number of hydrogen-bond donors (Lipinski definition) is 0. The van der Waals surface area contributed by atoms with Gasteiger partial charge in [0, 0.05) is 13.1 Å². The molecule has 1 heterocycles. The molecule has 0 saturated carbocycles. The van der Waals surface area contributed by atoms with Crippen molar-refractivity contribution in [3.05, 3.63) is 34.6 Å². The van der Waals surface area contributed by atoms with Gasteiger partial charge < -0.3 is 4.90 Å². The van der Waals surface area contributed by atoms with Crippen LogP contribution in [0.25, 0.3) is 0 Å². The molecule has 0 spiro atoms. The smallest absolute Gasteiger partial charge is 0.194 e. The summed E-state index contributed by atoms with van der Waals surface area (Å²) in [5.74, 6) is -3.47. The SMILES string of the molecule is CN1CCc2c(cc(F)c(F)c2F)C1. The largest absolute Gasteiger partial charge is 0.302 e. The van der Waals surface area contributed by atoms with Gasteiger partial charge in [0.25, 0.3) is 0 Å². The molecule has 14 heavy (non-hydrogen) atoms. The predicted molar refractivity (Wildman–Crippen MR) is 46.4 cm³/mol. The van der Waals surface area contributed by atoms with E-state index in [9.17, 15) is 13.2 Å². The molecule has 0 atom stereocenters. The van der Waals surface area contributed by atoms with Crippen molar-refractivity contribution in [1.82, 2.24) is 4.90 Å². The average molecular weight is 201 g/mol. The molecule has 76 valence electrons. The molecule has 0 aromatic heterocycles. The molecule has 0 amide bonds. The van der Waals surface area contributed by atoms with Gasteiger partial charge in [0.15, 0.2) is 17.5 Å². The third-order valence-electron chi connectivity index (χ3n) is 2.54. The Balaban J connectivity index is 2.54. The highest BCUT2D eigenvalue weighted by Crippen LogP contribution is 2.24. The maximum atomic E-state index is 13.2. The maximum absolute atomic E-state index is 13.2. The van der Waals surface area contributed by atoms with E-state index >= 15 is 0 Å². The van der Waals surface area contributed by atoms with E-state index in [1.165, 1.54) is 0 Å². The van der Waals surface area contributed by atoms with Gasteiger partial charge in [-0.25, -0.2) is 13.2 Å². The molecular formula is C10H10F3N. The van der Waals surface area contributed by atoms with E-state index in [2.05, 4.69) is 0 Å². The van der Waals surface area contributed by atoms with Crippen LogP contribution < -0.4 is 0 Å². The van der Waals surface area contributed by atoms with Crippen molar-refractivity contribution < 1.29 is 13.2 Å². The summed E-state index contributed by atoms with van der Waals surface area (Å²) < 4.78 is 39.0. The van der Waals surface area contributed by atoms with Gasteiger partial charge >= 0.3 is 0 Å². The predicted octanol–water partition coefficient (Wildman–Crippen LogP) is 2.09. The quantitative estimate of drug-likeness (QED) is 0.581. The zero-order valence-electron chi connectivity index (χ0n) is 7.78. The van der Waals surface area contributed by atoms with Crippen LogP contribution >= 0.6 is 0 Å². The molecule has 0 fully saturated rings. The lowest BCUT2D eigenvalue weighted by molar-refractivity contribution is 0.303. The lowest BCUT2D eigenvalue weighted by Gasteiger charge is -2.25. The van der Waals surface area contributed by atoms with Gasteiger partial charge in [-0.05, 0) is 30.7 Å². The van der Waals surface area contributed by atoms with Crippen LogP contribution in [0.1, 0.15) is 11.1 Å². The number of benzene rings is 1. The Bertz CT molecular complexity index is 376. The fraction of sp³-hybridized carbons (Fsp3) is 0.400. The van der Waals surface area contributed by atoms with Crippen LogP contribution in [0.2, 0.25) is 0 Å². The summed E-state index contributed by atoms with van der Waals surface area (Å²) in [6.45, 7) is 1.15. The lowest BCUT2D eigenvalue weighted by atomic mass is 9.99. The summed E-state index contributed by atoms with van der Waals surface area (Å²) in [5.41, 5.74) is 0.872. The maximum Gasteiger partial charge on any atom is 0.194 e. The topological polar surface area (TPSA) is 3.24 Å². The van der Waals surface area contributed by atoms with Crippen LogP contribution in [0.4, 0.5) is 13.2 Å². The highest BCUT2D eigenvalue weighted by molar-refractivity contribution is 5.32. The summed E-state index contributed by atoms with van der Waals surface area (Å²) in [6, 6.07) is 1.09. The number of fused-ring (bicyclic) bond motifs is 1. The summed E-state index contributed by atoms with van der Waals surface area (Å²) >= 11 is 0. The molecule has 0 radical (unpaired) electrons. The van der Waals surface area contributed by atoms with Crippen molar-refractivity contribution in [3.63, 3.8) is 0 Å². The monoisotopic (exact) mass is 201 g/mol. The molecule has 0 unspecified atom stereocenters. The third kappa shape index (κ3) is 1.39. The van der Waals surface area contributed by atoms with Crippen molar-refractivity contribution in [2.24, 2.45) is 0 Å². The van der Waals surface area contributed by atoms with Gasteiger partial charge in [-0.2, -0.15) is 0 Å². The highest BCUT2D eigenvalue weighted by atomic mass is 19.2. The van der Waals surface area contributed by atoms with E-state index in [0.717, 1.165) is 6.07 Å². The summed E-state index contributed by atoms with van der Waals surface area (Å²) in [5, 5.41) is 0. The van der Waals surface area contributed by atoms with Crippen molar-refractivity contribution in [2.45, 2.75) is 13.0 Å². The third-order valence-corrected chi connectivity index (χ3v) is 2.54. The number of nitrogens with zero attached hydrogens (tertiary/aromatic N) is 1. The second-order valence-electron chi connectivity index (χ2n) is 3.61. The van der Waals surface area contributed by atoms with Crippen LogP contribution in [0.5, 0.6) is 0 Å². The fourth-order valence-electron chi connectivity index (χ4n) is 1.77. The molecule has 0 saturated heterocycles. The van der Waals surface area contributed by atoms with Crippen LogP contribution in [-0.2, 0) is 13.0 Å². The summed E-state index contributed by atoms with van der Waals surface area (Å²) in [7, 11) is 1.86. The zero-order chi connectivity index (χ0) is 10.3. The van der Waals surface area contributed by atoms with Crippen molar-refractivity contribution in [3.8, 4) is 0 Å². The highest BCUT2D eigenvalue weighted by Gasteiger charge is 2.22. The number of rotatable bonds is 0. The lowest BCUT2D eigenvalue weighted by Crippen LogP contribution is -2.27. The Morgan fingerprint density at radius 2 is 1.93 bits per heavy atom. The second-order valence-corrected chi connectivity index (χ2v) is 3.61. The molecule has 0 aliphatic carbocycles. The minimum absolute atomic E-state index is 0.321. The Labute approximate surface area is 80.1 Å². The molecule has 1 aliphatic rings. The van der Waals surface area contributed by atoms with Gasteiger partial charge in [0.1, 0.15) is 0 Å². The fourth-order valence-corrected chi connectivity index (χ4v) is 1.77. The molecule has 4 heteroatoms. The van der Waals surface area contributed by atoms with E-state index < -0.39 is 17.5 Å². The first kappa shape index (κ1) is 9.52. The molecular weight excluding hydrogens is 191 g/mol. The van der Waals surface area contributed by atoms with Crippen LogP contribution in [0.15, 0.2) is 6.07 Å². The van der Waals surface area contributed by atoms with E-state index in [4.69, 9.17) is 0 Å². The molecule has 0 bridgehead atoms. The zero-order valence-corrected chi connectivity index (χ0v) is 7.78. The second kappa shape index (κ2) is 3.28. The van der Waals surface area contributed by atoms with E-state index in [1.54, 1.807) is 0 Å². The number of halogens is 3. The Hall–Kier alpha value is -1.03. The normalized spacial score (nSPS) is 16.9. The minimum Gasteiger partial charge on any atom is -0.302 e. The Kier molecular flexibility index (Phi) is 2.23. The molecule has 1 nitrogen and oxygen atoms in total. The molecule has 1 aliphatic heterocycles. The van der Waals surface area contributed by atoms with Crippen molar-refractivity contribution in [1.29, 1.82) is 0 Å². The van der Waals surface area contributed by atoms with Gasteiger partial charge in [-0.1, -0.05) is 0 Å².